The third-order valence-electron chi connectivity index (χ3n) is 8.25. The predicted molar refractivity (Wildman–Crippen MR) is 175 cm³/mol. The van der Waals surface area contributed by atoms with Crippen LogP contribution < -0.4 is 25.8 Å². The van der Waals surface area contributed by atoms with Gasteiger partial charge in [0.05, 0.1) is 35.1 Å². The van der Waals surface area contributed by atoms with Crippen molar-refractivity contribution in [2.24, 2.45) is 0 Å². The number of hydrogen-bond donors (Lipinski definition) is 4. The van der Waals surface area contributed by atoms with Crippen molar-refractivity contribution in [2.75, 3.05) is 37.0 Å². The first-order valence-corrected chi connectivity index (χ1v) is 17.1. The Labute approximate surface area is 278 Å². The second-order valence-corrected chi connectivity index (χ2v) is 13.7. The number of dihydropyridines is 1. The normalized spacial score (nSPS) is 17.5. The van der Waals surface area contributed by atoms with Gasteiger partial charge < -0.3 is 30.8 Å². The van der Waals surface area contributed by atoms with Crippen molar-refractivity contribution >= 4 is 43.9 Å². The van der Waals surface area contributed by atoms with Gasteiger partial charge in [0.1, 0.15) is 18.2 Å². The molecule has 1 unspecified atom stereocenters. The Kier molecular flexibility index (Phi) is 9.30. The van der Waals surface area contributed by atoms with Crippen LogP contribution in [0.4, 0.5) is 29.1 Å². The third kappa shape index (κ3) is 7.22. The van der Waals surface area contributed by atoms with Gasteiger partial charge in [-0.05, 0) is 61.7 Å². The molecule has 1 atom stereocenters. The van der Waals surface area contributed by atoms with E-state index in [1.54, 1.807) is 31.2 Å². The molecule has 2 aromatic heterocycles. The molecule has 2 aromatic carbocycles. The molecule has 1 fully saturated rings. The van der Waals surface area contributed by atoms with Crippen LogP contribution in [-0.4, -0.2) is 77.9 Å². The second-order valence-electron chi connectivity index (χ2n) is 11.7. The largest absolute Gasteiger partial charge is 0.485 e. The monoisotopic (exact) mass is 703 g/mol. The van der Waals surface area contributed by atoms with E-state index in [1.165, 1.54) is 27.5 Å². The van der Waals surface area contributed by atoms with Gasteiger partial charge >= 0.3 is 0 Å². The predicted octanol–water partition coefficient (Wildman–Crippen LogP) is 4.69. The smallest absolute Gasteiger partial charge is 0.272 e. The number of aromatic amines is 1. The molecular formula is C32H33F4N7O5S. The number of ether oxygens (including phenoxy) is 2. The maximum atomic E-state index is 14.1. The number of H-pyrrole nitrogens is 1. The minimum absolute atomic E-state index is 0.0210. The van der Waals surface area contributed by atoms with Crippen LogP contribution in [-0.2, 0) is 10.0 Å². The summed E-state index contributed by atoms with van der Waals surface area (Å²) < 4.78 is 91.7. The molecule has 0 amide bonds. The summed E-state index contributed by atoms with van der Waals surface area (Å²) >= 11 is 0. The number of para-hydroxylation sites is 1. The number of ketones is 1. The SMILES string of the molecule is CC1=CC(Oc2c(F)cccc2F)NC=C1n1ncc(C(=O)c2cc3cc(OCC(F)F)c(NC4CCN(S(C)(=O)=O)CC4)cc3[nH]2)c1N. The van der Waals surface area contributed by atoms with Crippen molar-refractivity contribution in [1.29, 1.82) is 0 Å². The summed E-state index contributed by atoms with van der Waals surface area (Å²) in [5, 5.41) is 11.0. The van der Waals surface area contributed by atoms with Gasteiger partial charge in [-0.3, -0.25) is 4.79 Å². The van der Waals surface area contributed by atoms with Gasteiger partial charge in [0.25, 0.3) is 6.43 Å². The third-order valence-corrected chi connectivity index (χ3v) is 9.55. The van der Waals surface area contributed by atoms with Gasteiger partial charge in [-0.2, -0.15) is 5.10 Å². The van der Waals surface area contributed by atoms with E-state index in [2.05, 4.69) is 20.7 Å². The van der Waals surface area contributed by atoms with Crippen molar-refractivity contribution in [2.45, 2.75) is 38.5 Å². The highest BCUT2D eigenvalue weighted by Crippen LogP contribution is 2.34. The molecule has 2 aliphatic rings. The van der Waals surface area contributed by atoms with E-state index in [-0.39, 0.29) is 28.9 Å². The number of sulfonamides is 1. The number of halogens is 4. The highest BCUT2D eigenvalue weighted by atomic mass is 32.2. The summed E-state index contributed by atoms with van der Waals surface area (Å²) in [6, 6.07) is 8.00. The van der Waals surface area contributed by atoms with Gasteiger partial charge in [0.2, 0.25) is 15.8 Å². The van der Waals surface area contributed by atoms with Crippen LogP contribution in [0.5, 0.6) is 11.5 Å². The van der Waals surface area contributed by atoms with Crippen molar-refractivity contribution < 1.29 is 40.2 Å². The number of alkyl halides is 2. The fourth-order valence-electron chi connectivity index (χ4n) is 5.74. The molecule has 49 heavy (non-hydrogen) atoms. The van der Waals surface area contributed by atoms with Gasteiger partial charge in [0, 0.05) is 36.2 Å². The van der Waals surface area contributed by atoms with Crippen LogP contribution >= 0.6 is 0 Å². The summed E-state index contributed by atoms with van der Waals surface area (Å²) in [6.45, 7) is 1.50. The van der Waals surface area contributed by atoms with Gasteiger partial charge in [0.15, 0.2) is 23.6 Å². The van der Waals surface area contributed by atoms with Gasteiger partial charge in [-0.1, -0.05) is 6.07 Å². The first-order valence-electron chi connectivity index (χ1n) is 15.2. The molecule has 6 rings (SSSR count). The maximum absolute atomic E-state index is 14.1. The molecule has 0 bridgehead atoms. The quantitative estimate of drug-likeness (QED) is 0.129. The molecule has 17 heteroatoms. The van der Waals surface area contributed by atoms with Crippen LogP contribution in [0.3, 0.4) is 0 Å². The Morgan fingerprint density at radius 1 is 1.16 bits per heavy atom. The number of allylic oxidation sites excluding steroid dienone is 2. The minimum atomic E-state index is -3.32. The number of hydrogen-bond acceptors (Lipinski definition) is 9. The molecule has 1 saturated heterocycles. The zero-order valence-corrected chi connectivity index (χ0v) is 27.2. The molecular weight excluding hydrogens is 670 g/mol. The first kappa shape index (κ1) is 33.9. The molecule has 5 N–H and O–H groups in total. The Morgan fingerprint density at radius 2 is 1.88 bits per heavy atom. The average Bonchev–Trinajstić information content (AvgIpc) is 3.64. The highest BCUT2D eigenvalue weighted by molar-refractivity contribution is 7.88. The summed E-state index contributed by atoms with van der Waals surface area (Å²) in [4.78, 5) is 16.7. The maximum Gasteiger partial charge on any atom is 0.272 e. The lowest BCUT2D eigenvalue weighted by atomic mass is 10.1. The van der Waals surface area contributed by atoms with E-state index in [0.717, 1.165) is 18.4 Å². The number of anilines is 2. The molecule has 0 aliphatic carbocycles. The van der Waals surface area contributed by atoms with Crippen LogP contribution in [0.1, 0.15) is 35.8 Å². The Balaban J connectivity index is 1.21. The molecule has 260 valence electrons. The number of aromatic nitrogens is 3. The van der Waals surface area contributed by atoms with E-state index in [4.69, 9.17) is 15.2 Å². The molecule has 0 radical (unpaired) electrons. The van der Waals surface area contributed by atoms with Crippen molar-refractivity contribution in [3.63, 3.8) is 0 Å². The number of piperidine rings is 1. The van der Waals surface area contributed by atoms with E-state index in [1.807, 2.05) is 0 Å². The van der Waals surface area contributed by atoms with Crippen LogP contribution in [0.2, 0.25) is 0 Å². The minimum Gasteiger partial charge on any atom is -0.485 e. The number of nitrogens with zero attached hydrogens (tertiary/aromatic N) is 3. The summed E-state index contributed by atoms with van der Waals surface area (Å²) in [5.41, 5.74) is 8.61. The van der Waals surface area contributed by atoms with Crippen LogP contribution in [0, 0.1) is 11.6 Å². The number of nitrogens with one attached hydrogen (secondary N) is 3. The van der Waals surface area contributed by atoms with Gasteiger partial charge in [-0.15, -0.1) is 0 Å². The van der Waals surface area contributed by atoms with E-state index in [9.17, 15) is 30.8 Å². The Morgan fingerprint density at radius 3 is 2.53 bits per heavy atom. The van der Waals surface area contributed by atoms with E-state index >= 15 is 0 Å². The van der Waals surface area contributed by atoms with E-state index in [0.29, 0.717) is 53.8 Å². The lowest BCUT2D eigenvalue weighted by molar-refractivity contribution is 0.0823. The lowest BCUT2D eigenvalue weighted by Gasteiger charge is -2.31. The standard InChI is InChI=1S/C32H33F4N7O5S/c1-17-10-29(48-31-21(33)4-3-5-22(31)34)38-15-26(17)43-32(37)20(14-39-43)30(44)25-11-18-12-27(47-16-28(35)36)24(13-23(18)41-25)40-19-6-8-42(9-7-19)49(2,45)46/h3-5,10-15,19,28-29,38,40-41H,6-9,16,37H2,1-2H3. The zero-order chi connectivity index (χ0) is 35.0. The summed E-state index contributed by atoms with van der Waals surface area (Å²) in [7, 11) is -3.32. The van der Waals surface area contributed by atoms with Crippen molar-refractivity contribution in [3.05, 3.63) is 83.3 Å². The first-order chi connectivity index (χ1) is 23.3. The highest BCUT2D eigenvalue weighted by Gasteiger charge is 2.27. The number of rotatable bonds is 11. The molecule has 2 aliphatic heterocycles. The Bertz CT molecular complexity index is 2050. The Hall–Kier alpha value is -5.03. The lowest BCUT2D eigenvalue weighted by Crippen LogP contribution is -2.41. The fourth-order valence-corrected chi connectivity index (χ4v) is 6.62. The van der Waals surface area contributed by atoms with Crippen LogP contribution in [0.25, 0.3) is 16.6 Å². The second kappa shape index (κ2) is 13.5. The topological polar surface area (TPSA) is 157 Å². The summed E-state index contributed by atoms with van der Waals surface area (Å²) in [5.74, 6) is -2.54. The van der Waals surface area contributed by atoms with Gasteiger partial charge in [-0.25, -0.2) is 35.0 Å². The average molecular weight is 704 g/mol. The fraction of sp³-hybridized carbons (Fsp3) is 0.312. The molecule has 0 saturated carbocycles. The van der Waals surface area contributed by atoms with Crippen LogP contribution in [0.15, 0.2) is 60.4 Å². The summed E-state index contributed by atoms with van der Waals surface area (Å²) in [6.07, 6.45) is 2.92. The molecule has 4 heterocycles. The number of fused-ring (bicyclic) bond motifs is 1. The molecule has 12 nitrogen and oxygen atoms in total. The molecule has 0 spiro atoms. The molecule has 4 aromatic rings. The van der Waals surface area contributed by atoms with Crippen molar-refractivity contribution in [1.82, 2.24) is 24.4 Å². The number of nitrogens with two attached hydrogens (primary N) is 1. The zero-order valence-electron chi connectivity index (χ0n) is 26.3. The van der Waals surface area contributed by atoms with E-state index < -0.39 is 52.5 Å². The number of carbonyl (C=O) groups is 1. The number of benzene rings is 2. The number of nitrogen functional groups attached to an aromatic ring is 1. The number of carbonyl (C=O) groups excluding carboxylic acids is 1. The van der Waals surface area contributed by atoms with Crippen molar-refractivity contribution in [3.8, 4) is 11.5 Å².